The van der Waals surface area contributed by atoms with Crippen LogP contribution in [0.25, 0.3) is 0 Å². The zero-order valence-electron chi connectivity index (χ0n) is 14.7. The normalized spacial score (nSPS) is 14.6. The van der Waals surface area contributed by atoms with Crippen LogP contribution in [-0.4, -0.2) is 44.8 Å². The minimum absolute atomic E-state index is 0.185. The SMILES string of the molecule is CCCCCCCCC(C)(O)CC(=O)N[C@@H](CCC(=O)O)C(=O)O. The third-order valence-corrected chi connectivity index (χ3v) is 3.89. The number of rotatable bonds is 14. The summed E-state index contributed by atoms with van der Waals surface area (Å²) in [5.41, 5.74) is -1.19. The third-order valence-electron chi connectivity index (χ3n) is 3.89. The molecule has 0 aliphatic rings. The van der Waals surface area contributed by atoms with Crippen molar-refractivity contribution in [2.75, 3.05) is 0 Å². The second kappa shape index (κ2) is 11.8. The first kappa shape index (κ1) is 22.4. The number of carboxylic acids is 2. The summed E-state index contributed by atoms with van der Waals surface area (Å²) >= 11 is 0. The molecule has 0 aliphatic heterocycles. The lowest BCUT2D eigenvalue weighted by atomic mass is 9.93. The van der Waals surface area contributed by atoms with Crippen LogP contribution >= 0.6 is 0 Å². The molecule has 0 aliphatic carbocycles. The number of carboxylic acid groups (broad SMARTS) is 2. The lowest BCUT2D eigenvalue weighted by molar-refractivity contribution is -0.143. The average molecular weight is 345 g/mol. The molecule has 4 N–H and O–H groups in total. The van der Waals surface area contributed by atoms with Gasteiger partial charge in [-0.1, -0.05) is 45.4 Å². The number of nitrogens with one attached hydrogen (secondary N) is 1. The number of carbonyl (C=O) groups is 3. The standard InChI is InChI=1S/C17H31NO6/c1-3-4-5-6-7-8-11-17(2,24)12-14(19)18-13(16(22)23)9-10-15(20)21/h13,24H,3-12H2,1-2H3,(H,18,19)(H,20,21)(H,22,23)/t13-,17?/m0/s1. The number of hydrogen-bond donors (Lipinski definition) is 4. The Balaban J connectivity index is 4.19. The monoisotopic (exact) mass is 345 g/mol. The van der Waals surface area contributed by atoms with Gasteiger partial charge in [-0.05, 0) is 19.8 Å². The summed E-state index contributed by atoms with van der Waals surface area (Å²) in [6, 6.07) is -1.25. The number of hydrogen-bond acceptors (Lipinski definition) is 4. The molecule has 24 heavy (non-hydrogen) atoms. The Kier molecular flexibility index (Phi) is 11.0. The van der Waals surface area contributed by atoms with Crippen LogP contribution in [0.5, 0.6) is 0 Å². The molecular weight excluding hydrogens is 314 g/mol. The third kappa shape index (κ3) is 11.9. The van der Waals surface area contributed by atoms with Gasteiger partial charge in [0.1, 0.15) is 6.04 Å². The second-order valence-corrected chi connectivity index (χ2v) is 6.58. The first-order chi connectivity index (χ1) is 11.2. The van der Waals surface area contributed by atoms with Gasteiger partial charge in [0.05, 0.1) is 12.0 Å². The molecule has 0 aromatic heterocycles. The minimum atomic E-state index is -1.28. The van der Waals surface area contributed by atoms with E-state index in [4.69, 9.17) is 10.2 Å². The van der Waals surface area contributed by atoms with Gasteiger partial charge in [0.15, 0.2) is 0 Å². The Morgan fingerprint density at radius 2 is 1.62 bits per heavy atom. The van der Waals surface area contributed by atoms with E-state index >= 15 is 0 Å². The average Bonchev–Trinajstić information content (AvgIpc) is 2.46. The molecule has 140 valence electrons. The van der Waals surface area contributed by atoms with E-state index in [2.05, 4.69) is 12.2 Å². The van der Waals surface area contributed by atoms with E-state index in [1.54, 1.807) is 6.92 Å². The highest BCUT2D eigenvalue weighted by molar-refractivity contribution is 5.84. The van der Waals surface area contributed by atoms with Crippen molar-refractivity contribution in [2.45, 2.75) is 89.7 Å². The fourth-order valence-electron chi connectivity index (χ4n) is 2.49. The van der Waals surface area contributed by atoms with E-state index in [-0.39, 0.29) is 19.3 Å². The molecular formula is C17H31NO6. The van der Waals surface area contributed by atoms with Crippen molar-refractivity contribution in [3.8, 4) is 0 Å². The van der Waals surface area contributed by atoms with Crippen LogP contribution in [0.15, 0.2) is 0 Å². The molecule has 0 saturated carbocycles. The molecule has 0 heterocycles. The van der Waals surface area contributed by atoms with Crippen LogP contribution < -0.4 is 5.32 Å². The molecule has 0 saturated heterocycles. The maximum absolute atomic E-state index is 11.9. The largest absolute Gasteiger partial charge is 0.481 e. The molecule has 0 radical (unpaired) electrons. The maximum atomic E-state index is 11.9. The number of unbranched alkanes of at least 4 members (excludes halogenated alkanes) is 5. The van der Waals surface area contributed by atoms with Crippen LogP contribution in [0.1, 0.15) is 78.1 Å². The van der Waals surface area contributed by atoms with Crippen molar-refractivity contribution in [2.24, 2.45) is 0 Å². The van der Waals surface area contributed by atoms with E-state index in [9.17, 15) is 19.5 Å². The second-order valence-electron chi connectivity index (χ2n) is 6.58. The predicted octanol–water partition coefficient (Wildman–Crippen LogP) is 2.31. The smallest absolute Gasteiger partial charge is 0.326 e. The Bertz CT molecular complexity index is 408. The molecule has 0 fully saturated rings. The summed E-state index contributed by atoms with van der Waals surface area (Å²) in [7, 11) is 0. The number of aliphatic hydroxyl groups is 1. The molecule has 1 amide bonds. The van der Waals surface area contributed by atoms with Gasteiger partial charge in [0, 0.05) is 6.42 Å². The van der Waals surface area contributed by atoms with Crippen LogP contribution in [-0.2, 0) is 14.4 Å². The number of carbonyl (C=O) groups excluding carboxylic acids is 1. The first-order valence-electron chi connectivity index (χ1n) is 8.64. The summed E-state index contributed by atoms with van der Waals surface area (Å²) in [5.74, 6) is -2.98. The van der Waals surface area contributed by atoms with Crippen LogP contribution in [0.2, 0.25) is 0 Å². The zero-order valence-corrected chi connectivity index (χ0v) is 14.7. The summed E-state index contributed by atoms with van der Waals surface area (Å²) in [5, 5.41) is 30.1. The van der Waals surface area contributed by atoms with Crippen molar-refractivity contribution < 1.29 is 29.7 Å². The van der Waals surface area contributed by atoms with Gasteiger partial charge in [-0.15, -0.1) is 0 Å². The van der Waals surface area contributed by atoms with Gasteiger partial charge in [-0.25, -0.2) is 4.79 Å². The first-order valence-corrected chi connectivity index (χ1v) is 8.64. The fraction of sp³-hybridized carbons (Fsp3) is 0.824. The molecule has 2 atom stereocenters. The Morgan fingerprint density at radius 1 is 1.04 bits per heavy atom. The lowest BCUT2D eigenvalue weighted by Gasteiger charge is -2.24. The number of aliphatic carboxylic acids is 2. The van der Waals surface area contributed by atoms with Crippen LogP contribution in [0.4, 0.5) is 0 Å². The summed E-state index contributed by atoms with van der Waals surface area (Å²) in [6.45, 7) is 3.70. The van der Waals surface area contributed by atoms with Gasteiger partial charge in [-0.3, -0.25) is 9.59 Å². The molecule has 1 unspecified atom stereocenters. The van der Waals surface area contributed by atoms with Gasteiger partial charge in [0.25, 0.3) is 0 Å². The van der Waals surface area contributed by atoms with Crippen LogP contribution in [0, 0.1) is 0 Å². The van der Waals surface area contributed by atoms with Gasteiger partial charge < -0.3 is 20.6 Å². The summed E-state index contributed by atoms with van der Waals surface area (Å²) in [6.07, 6.45) is 6.20. The molecule has 0 bridgehead atoms. The predicted molar refractivity (Wildman–Crippen MR) is 89.7 cm³/mol. The number of amides is 1. The van der Waals surface area contributed by atoms with E-state index in [1.165, 1.54) is 19.3 Å². The van der Waals surface area contributed by atoms with Crippen molar-refractivity contribution in [1.82, 2.24) is 5.32 Å². The molecule has 7 nitrogen and oxygen atoms in total. The highest BCUT2D eigenvalue weighted by atomic mass is 16.4. The van der Waals surface area contributed by atoms with E-state index < -0.39 is 29.5 Å². The molecule has 7 heteroatoms. The highest BCUT2D eigenvalue weighted by Gasteiger charge is 2.27. The highest BCUT2D eigenvalue weighted by Crippen LogP contribution is 2.19. The lowest BCUT2D eigenvalue weighted by Crippen LogP contribution is -2.44. The van der Waals surface area contributed by atoms with Crippen molar-refractivity contribution in [3.63, 3.8) is 0 Å². The topological polar surface area (TPSA) is 124 Å². The van der Waals surface area contributed by atoms with Gasteiger partial charge in [0.2, 0.25) is 5.91 Å². The van der Waals surface area contributed by atoms with Crippen molar-refractivity contribution in [3.05, 3.63) is 0 Å². The Morgan fingerprint density at radius 3 is 2.17 bits per heavy atom. The molecule has 0 aromatic carbocycles. The van der Waals surface area contributed by atoms with Crippen molar-refractivity contribution in [1.29, 1.82) is 0 Å². The summed E-state index contributed by atoms with van der Waals surface area (Å²) in [4.78, 5) is 33.5. The van der Waals surface area contributed by atoms with E-state index in [0.29, 0.717) is 6.42 Å². The van der Waals surface area contributed by atoms with Gasteiger partial charge in [-0.2, -0.15) is 0 Å². The maximum Gasteiger partial charge on any atom is 0.326 e. The zero-order chi connectivity index (χ0) is 18.6. The molecule has 0 spiro atoms. The fourth-order valence-corrected chi connectivity index (χ4v) is 2.49. The van der Waals surface area contributed by atoms with E-state index in [0.717, 1.165) is 19.3 Å². The van der Waals surface area contributed by atoms with E-state index in [1.807, 2.05) is 0 Å². The Hall–Kier alpha value is -1.63. The minimum Gasteiger partial charge on any atom is -0.481 e. The van der Waals surface area contributed by atoms with Crippen molar-refractivity contribution >= 4 is 17.8 Å². The molecule has 0 aromatic rings. The van der Waals surface area contributed by atoms with Gasteiger partial charge >= 0.3 is 11.9 Å². The summed E-state index contributed by atoms with van der Waals surface area (Å²) < 4.78 is 0. The molecule has 0 rings (SSSR count). The van der Waals surface area contributed by atoms with Crippen LogP contribution in [0.3, 0.4) is 0 Å². The quantitative estimate of drug-likeness (QED) is 0.358. The Labute approximate surface area is 143 Å².